The lowest BCUT2D eigenvalue weighted by molar-refractivity contribution is 0.468. The van der Waals surface area contributed by atoms with Gasteiger partial charge in [0.15, 0.2) is 0 Å². The number of halogens is 1. The molecule has 0 bridgehead atoms. The molecule has 3 nitrogen and oxygen atoms in total. The van der Waals surface area contributed by atoms with E-state index in [1.54, 1.807) is 18.2 Å². The van der Waals surface area contributed by atoms with Gasteiger partial charge in [0.25, 0.3) is 0 Å². The van der Waals surface area contributed by atoms with Crippen LogP contribution in [0.15, 0.2) is 37.9 Å². The minimum absolute atomic E-state index is 0.0567. The maximum absolute atomic E-state index is 10.9. The minimum Gasteiger partial charge on any atom is -0.507 e. The fraction of sp³-hybridized carbons (Fsp3) is 0.250. The smallest absolute Gasteiger partial charge is 0.339 e. The molecule has 1 aromatic heterocycles. The summed E-state index contributed by atoms with van der Waals surface area (Å²) < 4.78 is 5.68. The van der Waals surface area contributed by atoms with E-state index in [0.717, 1.165) is 10.5 Å². The zero-order valence-electron chi connectivity index (χ0n) is 9.16. The predicted molar refractivity (Wildman–Crippen MR) is 67.8 cm³/mol. The van der Waals surface area contributed by atoms with Crippen LogP contribution in [0.1, 0.15) is 20.3 Å². The van der Waals surface area contributed by atoms with Gasteiger partial charge in [-0.25, -0.2) is 4.79 Å². The molecule has 86 valence electrons. The molecule has 0 unspecified atom stereocenters. The highest BCUT2D eigenvalue weighted by molar-refractivity contribution is 9.10. The van der Waals surface area contributed by atoms with Gasteiger partial charge in [0.1, 0.15) is 11.3 Å². The van der Waals surface area contributed by atoms with Crippen molar-refractivity contribution in [3.63, 3.8) is 0 Å². The number of fused-ring (bicyclic) bond motifs is 1. The lowest BCUT2D eigenvalue weighted by atomic mass is 10.2. The summed E-state index contributed by atoms with van der Waals surface area (Å²) >= 11 is 3.24. The van der Waals surface area contributed by atoms with Crippen molar-refractivity contribution in [3.8, 4) is 5.75 Å². The second-order valence-electron chi connectivity index (χ2n) is 3.30. The van der Waals surface area contributed by atoms with Gasteiger partial charge in [-0.1, -0.05) is 36.2 Å². The highest BCUT2D eigenvalue weighted by Gasteiger charge is 2.03. The van der Waals surface area contributed by atoms with Crippen molar-refractivity contribution in [1.82, 2.24) is 0 Å². The molecular formula is C12H13BrO3. The van der Waals surface area contributed by atoms with Crippen molar-refractivity contribution >= 4 is 26.9 Å². The number of aromatic hydroxyl groups is 1. The Morgan fingerprint density at radius 2 is 1.94 bits per heavy atom. The van der Waals surface area contributed by atoms with Gasteiger partial charge < -0.3 is 9.52 Å². The first-order chi connectivity index (χ1) is 7.58. The monoisotopic (exact) mass is 284 g/mol. The van der Waals surface area contributed by atoms with Gasteiger partial charge in [-0.3, -0.25) is 0 Å². The third kappa shape index (κ3) is 3.10. The van der Waals surface area contributed by atoms with Crippen LogP contribution in [-0.2, 0) is 0 Å². The topological polar surface area (TPSA) is 50.4 Å². The Kier molecular flexibility index (Phi) is 4.55. The van der Waals surface area contributed by atoms with Crippen LogP contribution in [0.25, 0.3) is 11.0 Å². The van der Waals surface area contributed by atoms with Crippen molar-refractivity contribution in [2.45, 2.75) is 20.3 Å². The van der Waals surface area contributed by atoms with Crippen molar-refractivity contribution in [2.75, 3.05) is 0 Å². The van der Waals surface area contributed by atoms with E-state index in [4.69, 9.17) is 4.42 Å². The van der Waals surface area contributed by atoms with Gasteiger partial charge in [0.2, 0.25) is 0 Å². The molecule has 0 saturated carbocycles. The quantitative estimate of drug-likeness (QED) is 0.751. The van der Waals surface area contributed by atoms with Crippen LogP contribution in [0.4, 0.5) is 0 Å². The molecule has 0 amide bonds. The van der Waals surface area contributed by atoms with E-state index in [1.807, 2.05) is 0 Å². The lowest BCUT2D eigenvalue weighted by Gasteiger charge is -1.98. The zero-order chi connectivity index (χ0) is 12.1. The van der Waals surface area contributed by atoms with E-state index in [0.29, 0.717) is 11.0 Å². The van der Waals surface area contributed by atoms with Gasteiger partial charge in [-0.2, -0.15) is 0 Å². The van der Waals surface area contributed by atoms with E-state index in [9.17, 15) is 9.90 Å². The summed E-state index contributed by atoms with van der Waals surface area (Å²) in [6.07, 6.45) is 1.25. The Hall–Kier alpha value is -1.29. The minimum atomic E-state index is -0.553. The van der Waals surface area contributed by atoms with Crippen LogP contribution < -0.4 is 5.63 Å². The first-order valence-corrected chi connectivity index (χ1v) is 5.80. The normalized spacial score (nSPS) is 9.69. The molecular weight excluding hydrogens is 272 g/mol. The van der Waals surface area contributed by atoms with Crippen LogP contribution in [0.2, 0.25) is 0 Å². The SMILES string of the molecule is CCC.O=c1cc(O)c2ccc(Br)cc2o1. The molecule has 4 heteroatoms. The molecule has 0 aliphatic rings. The third-order valence-corrected chi connectivity index (χ3v) is 2.18. The van der Waals surface area contributed by atoms with Crippen molar-refractivity contribution in [3.05, 3.63) is 39.2 Å². The van der Waals surface area contributed by atoms with Gasteiger partial charge in [0, 0.05) is 4.47 Å². The lowest BCUT2D eigenvalue weighted by Crippen LogP contribution is -1.94. The van der Waals surface area contributed by atoms with Crippen molar-refractivity contribution in [1.29, 1.82) is 0 Å². The average molecular weight is 285 g/mol. The largest absolute Gasteiger partial charge is 0.507 e. The standard InChI is InChI=1S/C9H5BrO3.C3H8/c10-5-1-2-6-7(11)4-9(12)13-8(6)3-5;1-3-2/h1-4,11H;3H2,1-2H3. The van der Waals surface area contributed by atoms with Crippen LogP contribution >= 0.6 is 15.9 Å². The molecule has 0 fully saturated rings. The Morgan fingerprint density at radius 1 is 1.31 bits per heavy atom. The van der Waals surface area contributed by atoms with E-state index in [-0.39, 0.29) is 5.75 Å². The summed E-state index contributed by atoms with van der Waals surface area (Å²) in [7, 11) is 0. The van der Waals surface area contributed by atoms with Crippen LogP contribution in [0.3, 0.4) is 0 Å². The molecule has 0 aliphatic carbocycles. The number of rotatable bonds is 0. The summed E-state index contributed by atoms with van der Waals surface area (Å²) in [4.78, 5) is 10.9. The Bertz CT molecular complexity index is 531. The molecule has 1 N–H and O–H groups in total. The van der Waals surface area contributed by atoms with Crippen LogP contribution in [-0.4, -0.2) is 5.11 Å². The maximum atomic E-state index is 10.9. The fourth-order valence-electron chi connectivity index (χ4n) is 1.12. The predicted octanol–water partition coefficient (Wildman–Crippen LogP) is 3.68. The molecule has 1 heterocycles. The Morgan fingerprint density at radius 3 is 2.56 bits per heavy atom. The molecule has 0 saturated heterocycles. The summed E-state index contributed by atoms with van der Waals surface area (Å²) in [5.41, 5.74) is -0.178. The molecule has 2 aromatic rings. The van der Waals surface area contributed by atoms with Gasteiger partial charge in [-0.05, 0) is 18.2 Å². The highest BCUT2D eigenvalue weighted by atomic mass is 79.9. The van der Waals surface area contributed by atoms with Crippen LogP contribution in [0, 0.1) is 0 Å². The van der Waals surface area contributed by atoms with Crippen molar-refractivity contribution in [2.24, 2.45) is 0 Å². The summed E-state index contributed by atoms with van der Waals surface area (Å²) in [5.74, 6) is -0.0567. The molecule has 0 aliphatic heterocycles. The number of benzene rings is 1. The highest BCUT2D eigenvalue weighted by Crippen LogP contribution is 2.24. The third-order valence-electron chi connectivity index (χ3n) is 1.68. The Labute approximate surface area is 102 Å². The summed E-state index contributed by atoms with van der Waals surface area (Å²) in [6, 6.07) is 6.13. The van der Waals surface area contributed by atoms with E-state index >= 15 is 0 Å². The first kappa shape index (κ1) is 12.8. The zero-order valence-corrected chi connectivity index (χ0v) is 10.7. The van der Waals surface area contributed by atoms with E-state index < -0.39 is 5.63 Å². The van der Waals surface area contributed by atoms with Gasteiger partial charge in [0.05, 0.1) is 11.5 Å². The first-order valence-electron chi connectivity index (χ1n) is 5.00. The van der Waals surface area contributed by atoms with Crippen molar-refractivity contribution < 1.29 is 9.52 Å². The summed E-state index contributed by atoms with van der Waals surface area (Å²) in [5, 5.41) is 9.90. The Balaban J connectivity index is 0.000000386. The fourth-order valence-corrected chi connectivity index (χ4v) is 1.46. The average Bonchev–Trinajstić information content (AvgIpc) is 2.17. The molecule has 0 spiro atoms. The van der Waals surface area contributed by atoms with Gasteiger partial charge >= 0.3 is 5.63 Å². The number of hydrogen-bond acceptors (Lipinski definition) is 3. The molecule has 2 rings (SSSR count). The second-order valence-corrected chi connectivity index (χ2v) is 4.21. The van der Waals surface area contributed by atoms with Gasteiger partial charge in [-0.15, -0.1) is 0 Å². The molecule has 0 radical (unpaired) electrons. The van der Waals surface area contributed by atoms with Crippen LogP contribution in [0.5, 0.6) is 5.75 Å². The van der Waals surface area contributed by atoms with E-state index in [2.05, 4.69) is 29.8 Å². The molecule has 0 atom stereocenters. The maximum Gasteiger partial charge on any atom is 0.339 e. The van der Waals surface area contributed by atoms with E-state index in [1.165, 1.54) is 6.42 Å². The number of hydrogen-bond donors (Lipinski definition) is 1. The molecule has 1 aromatic carbocycles. The molecule has 16 heavy (non-hydrogen) atoms. The summed E-state index contributed by atoms with van der Waals surface area (Å²) in [6.45, 7) is 4.25. The second kappa shape index (κ2) is 5.70.